The monoisotopic (exact) mass is 608 g/mol. The van der Waals surface area contributed by atoms with Crippen LogP contribution in [0.5, 0.6) is 0 Å². The molecule has 6 rings (SSSR count). The first kappa shape index (κ1) is 30.2. The minimum atomic E-state index is -2.00. The molecule has 204 valence electrons. The van der Waals surface area contributed by atoms with Gasteiger partial charge in [-0.05, 0) is 66.8 Å². The molecule has 0 saturated heterocycles. The van der Waals surface area contributed by atoms with Crippen molar-refractivity contribution in [3.05, 3.63) is 114 Å². The number of nitrogens with zero attached hydrogens (tertiary/aromatic N) is 2. The van der Waals surface area contributed by atoms with Crippen molar-refractivity contribution < 1.29 is 17.0 Å². The Morgan fingerprint density at radius 1 is 0.897 bits per heavy atom. The summed E-state index contributed by atoms with van der Waals surface area (Å²) in [6.07, 6.45) is 8.53. The van der Waals surface area contributed by atoms with Gasteiger partial charge in [0.2, 0.25) is 0 Å². The molecule has 3 aliphatic rings. The number of allylic oxidation sites excluding steroid dienone is 4. The van der Waals surface area contributed by atoms with Crippen LogP contribution >= 0.6 is 18.6 Å². The number of para-hydroxylation sites is 4. The molecule has 1 heterocycles. The SMILES string of the molecule is Cc1cc(C)cc(C2=CC=C[C@@H]3C([Si](C)(C)N4c5ccccc5[N-]c5ccccc54)[C@H](C)C[C@H]23)c1.[CH3-].[Cl][Ti][Cl]. The molecule has 0 amide bonds. The standard InChI is InChI=1S/C32H35N2Si.CH3.2ClH.Ti/c1-21-17-22(2)19-24(18-21)25-11-10-12-26-27(25)20-23(3)32(26)35(4,5)34-30-15-8-6-13-28(30)33-29-14-7-9-16-31(29)34;;;;/h6-19,23,26-27,32H,20H2,1-5H3;1H3;2*1H;/q2*-1;;;+2/p-2/t23-,26+,27-,32?;;;;/m1..../s1. The fourth-order valence-corrected chi connectivity index (χ4v) is 12.2. The van der Waals surface area contributed by atoms with Gasteiger partial charge in [-0.15, -0.1) is 11.4 Å². The van der Waals surface area contributed by atoms with Gasteiger partial charge in [0.1, 0.15) is 0 Å². The van der Waals surface area contributed by atoms with Crippen LogP contribution in [0.2, 0.25) is 18.6 Å². The van der Waals surface area contributed by atoms with Gasteiger partial charge in [-0.25, -0.2) is 0 Å². The summed E-state index contributed by atoms with van der Waals surface area (Å²) in [6.45, 7) is 12.1. The zero-order valence-corrected chi connectivity index (χ0v) is 27.8. The fourth-order valence-electron chi connectivity index (χ4n) is 7.48. The Morgan fingerprint density at radius 2 is 1.44 bits per heavy atom. The molecule has 6 heteroatoms. The summed E-state index contributed by atoms with van der Waals surface area (Å²) in [5, 5.41) is 5.03. The Labute approximate surface area is 253 Å². The first-order valence-corrected chi connectivity index (χ1v) is 20.7. The van der Waals surface area contributed by atoms with Gasteiger partial charge in [-0.3, -0.25) is 0 Å². The second-order valence-electron chi connectivity index (χ2n) is 11.5. The van der Waals surface area contributed by atoms with Gasteiger partial charge in [0.05, 0.1) is 0 Å². The molecule has 0 radical (unpaired) electrons. The third-order valence-electron chi connectivity index (χ3n) is 8.56. The second-order valence-corrected chi connectivity index (χ2v) is 18.5. The fraction of sp³-hybridized carbons (Fsp3) is 0.303. The number of anilines is 2. The van der Waals surface area contributed by atoms with E-state index in [2.05, 4.69) is 123 Å². The first-order valence-electron chi connectivity index (χ1n) is 13.4. The maximum atomic E-state index is 5.03. The first-order chi connectivity index (χ1) is 18.3. The summed E-state index contributed by atoms with van der Waals surface area (Å²) in [5.74, 6) is 1.83. The Morgan fingerprint density at radius 3 is 2.00 bits per heavy atom. The van der Waals surface area contributed by atoms with Crippen molar-refractivity contribution in [3.8, 4) is 0 Å². The molecule has 0 N–H and O–H groups in total. The number of aryl methyl sites for hydroxylation is 2. The van der Waals surface area contributed by atoms with Crippen LogP contribution in [0.15, 0.2) is 85.0 Å². The van der Waals surface area contributed by atoms with Crippen molar-refractivity contribution in [2.75, 3.05) is 4.57 Å². The van der Waals surface area contributed by atoms with Crippen molar-refractivity contribution in [3.63, 3.8) is 0 Å². The molecule has 39 heavy (non-hydrogen) atoms. The molecule has 2 aliphatic carbocycles. The summed E-state index contributed by atoms with van der Waals surface area (Å²) in [7, 11) is 7.78. The number of rotatable bonds is 3. The quantitative estimate of drug-likeness (QED) is 0.213. The van der Waals surface area contributed by atoms with Crippen LogP contribution in [0.3, 0.4) is 0 Å². The predicted octanol–water partition coefficient (Wildman–Crippen LogP) is 11.4. The number of halogens is 2. The summed E-state index contributed by atoms with van der Waals surface area (Å²) in [4.78, 5) is 0. The van der Waals surface area contributed by atoms with Gasteiger partial charge in [0.15, 0.2) is 8.24 Å². The van der Waals surface area contributed by atoms with Crippen LogP contribution in [0.1, 0.15) is 30.0 Å². The van der Waals surface area contributed by atoms with E-state index in [0.29, 0.717) is 23.3 Å². The topological polar surface area (TPSA) is 17.3 Å². The normalized spacial score (nSPS) is 22.6. The van der Waals surface area contributed by atoms with Crippen molar-refractivity contribution >= 4 is 55.2 Å². The van der Waals surface area contributed by atoms with Crippen molar-refractivity contribution in [1.82, 2.24) is 0 Å². The zero-order chi connectivity index (χ0) is 27.0. The molecular weight excluding hydrogens is 571 g/mol. The van der Waals surface area contributed by atoms with E-state index in [1.807, 2.05) is 0 Å². The van der Waals surface area contributed by atoms with Gasteiger partial charge in [-0.2, -0.15) is 0 Å². The molecule has 3 aromatic carbocycles. The van der Waals surface area contributed by atoms with Crippen LogP contribution < -0.4 is 4.57 Å². The van der Waals surface area contributed by atoms with E-state index in [0.717, 1.165) is 11.4 Å². The molecule has 1 aliphatic heterocycles. The number of benzene rings is 3. The average Bonchev–Trinajstić information content (AvgIpc) is 3.23. The van der Waals surface area contributed by atoms with Crippen molar-refractivity contribution in [2.24, 2.45) is 17.8 Å². The Hall–Kier alpha value is -1.75. The maximum absolute atomic E-state index is 5.03. The van der Waals surface area contributed by atoms with Crippen molar-refractivity contribution in [1.29, 1.82) is 0 Å². The number of hydrogen-bond donors (Lipinski definition) is 0. The Balaban J connectivity index is 0.000000845. The molecule has 0 bridgehead atoms. The average molecular weight is 610 g/mol. The van der Waals surface area contributed by atoms with Crippen LogP contribution in [-0.2, 0) is 17.0 Å². The van der Waals surface area contributed by atoms with Crippen LogP contribution in [0, 0.1) is 39.0 Å². The molecule has 1 fully saturated rings. The molecular formula is C33H38Cl2N2SiTi-2. The molecule has 2 nitrogen and oxygen atoms in total. The summed E-state index contributed by atoms with van der Waals surface area (Å²) in [6, 6.07) is 24.5. The number of hydrogen-bond acceptors (Lipinski definition) is 1. The molecule has 0 aromatic heterocycles. The summed E-state index contributed by atoms with van der Waals surface area (Å²) >= 11 is -0.556. The van der Waals surface area contributed by atoms with E-state index < -0.39 is 25.3 Å². The van der Waals surface area contributed by atoms with Gasteiger partial charge in [0.25, 0.3) is 0 Å². The Bertz CT molecular complexity index is 1320. The van der Waals surface area contributed by atoms with E-state index in [-0.39, 0.29) is 7.43 Å². The van der Waals surface area contributed by atoms with E-state index >= 15 is 0 Å². The van der Waals surface area contributed by atoms with Gasteiger partial charge < -0.3 is 17.3 Å². The molecule has 1 saturated carbocycles. The van der Waals surface area contributed by atoms with Crippen LogP contribution in [0.4, 0.5) is 22.7 Å². The predicted molar refractivity (Wildman–Crippen MR) is 171 cm³/mol. The molecule has 1 unspecified atom stereocenters. The van der Waals surface area contributed by atoms with E-state index in [1.54, 1.807) is 0 Å². The van der Waals surface area contributed by atoms with Crippen LogP contribution in [-0.4, -0.2) is 8.24 Å². The van der Waals surface area contributed by atoms with Gasteiger partial charge in [0, 0.05) is 11.4 Å². The summed E-state index contributed by atoms with van der Waals surface area (Å²) in [5.41, 5.74) is 11.1. The summed E-state index contributed by atoms with van der Waals surface area (Å²) < 4.78 is 2.73. The van der Waals surface area contributed by atoms with Gasteiger partial charge in [-0.1, -0.05) is 104 Å². The van der Waals surface area contributed by atoms with Crippen LogP contribution in [0.25, 0.3) is 10.9 Å². The minimum absolute atomic E-state index is 0. The van der Waals surface area contributed by atoms with E-state index in [1.165, 1.54) is 40.1 Å². The molecule has 0 spiro atoms. The Kier molecular flexibility index (Phi) is 9.61. The van der Waals surface area contributed by atoms with E-state index in [4.69, 9.17) is 23.9 Å². The third-order valence-corrected chi connectivity index (χ3v) is 12.8. The third kappa shape index (κ3) is 5.72. The van der Waals surface area contributed by atoms with Crippen molar-refractivity contribution in [2.45, 2.75) is 45.8 Å². The van der Waals surface area contributed by atoms with Gasteiger partial charge >= 0.3 is 35.6 Å². The molecule has 4 atom stereocenters. The number of fused-ring (bicyclic) bond motifs is 3. The zero-order valence-electron chi connectivity index (χ0n) is 23.7. The second kappa shape index (κ2) is 12.4. The van der Waals surface area contributed by atoms with E-state index in [9.17, 15) is 0 Å². The molecule has 3 aromatic rings.